The summed E-state index contributed by atoms with van der Waals surface area (Å²) >= 11 is 1.35. The largest absolute Gasteiger partial charge is 0.494 e. The van der Waals surface area contributed by atoms with Crippen molar-refractivity contribution < 1.29 is 9.53 Å². The Hall–Kier alpha value is -1.95. The third-order valence-corrected chi connectivity index (χ3v) is 3.09. The van der Waals surface area contributed by atoms with E-state index in [1.54, 1.807) is 24.3 Å². The fraction of sp³-hybridized carbons (Fsp3) is 0.308. The lowest BCUT2D eigenvalue weighted by atomic mass is 10.2. The minimum atomic E-state index is -0.196. The second-order valence-corrected chi connectivity index (χ2v) is 5.13. The van der Waals surface area contributed by atoms with E-state index in [1.165, 1.54) is 11.3 Å². The molecule has 0 aliphatic rings. The molecule has 0 radical (unpaired) electrons. The van der Waals surface area contributed by atoms with Crippen LogP contribution < -0.4 is 10.1 Å². The van der Waals surface area contributed by atoms with Crippen molar-refractivity contribution in [2.45, 2.75) is 20.3 Å². The topological polar surface area (TPSA) is 64.1 Å². The van der Waals surface area contributed by atoms with Gasteiger partial charge >= 0.3 is 0 Å². The van der Waals surface area contributed by atoms with Gasteiger partial charge in [0, 0.05) is 5.56 Å². The van der Waals surface area contributed by atoms with Crippen LogP contribution in [0.3, 0.4) is 0 Å². The molecule has 1 aromatic carbocycles. The number of carbonyl (C=O) groups is 1. The van der Waals surface area contributed by atoms with Crippen LogP contribution in [0.2, 0.25) is 0 Å². The van der Waals surface area contributed by atoms with Crippen molar-refractivity contribution in [2.75, 3.05) is 11.9 Å². The average molecular weight is 277 g/mol. The Morgan fingerprint density at radius 2 is 2.05 bits per heavy atom. The van der Waals surface area contributed by atoms with Gasteiger partial charge in [-0.1, -0.05) is 18.3 Å². The molecule has 0 saturated carbocycles. The van der Waals surface area contributed by atoms with Gasteiger partial charge in [0.25, 0.3) is 5.91 Å². The molecule has 100 valence electrons. The van der Waals surface area contributed by atoms with Gasteiger partial charge in [0.1, 0.15) is 10.8 Å². The normalized spacial score (nSPS) is 10.2. The first kappa shape index (κ1) is 13.5. The van der Waals surface area contributed by atoms with Crippen LogP contribution in [-0.2, 0) is 0 Å². The molecule has 19 heavy (non-hydrogen) atoms. The number of hydrogen-bond donors (Lipinski definition) is 1. The predicted octanol–water partition coefficient (Wildman–Crippen LogP) is 2.89. The number of rotatable bonds is 5. The summed E-state index contributed by atoms with van der Waals surface area (Å²) in [5.41, 5.74) is 0.566. The van der Waals surface area contributed by atoms with Gasteiger partial charge in [-0.05, 0) is 37.6 Å². The molecule has 0 aliphatic heterocycles. The molecule has 6 heteroatoms. The van der Waals surface area contributed by atoms with Gasteiger partial charge in [-0.25, -0.2) is 0 Å². The van der Waals surface area contributed by atoms with Gasteiger partial charge in [0.05, 0.1) is 6.61 Å². The average Bonchev–Trinajstić information content (AvgIpc) is 2.82. The number of hydrogen-bond acceptors (Lipinski definition) is 5. The van der Waals surface area contributed by atoms with E-state index < -0.39 is 0 Å². The molecule has 5 nitrogen and oxygen atoms in total. The zero-order chi connectivity index (χ0) is 13.7. The van der Waals surface area contributed by atoms with Crippen LogP contribution in [-0.4, -0.2) is 22.7 Å². The maximum atomic E-state index is 11.9. The molecule has 1 aromatic heterocycles. The molecule has 0 aliphatic carbocycles. The first-order chi connectivity index (χ1) is 9.19. The van der Waals surface area contributed by atoms with E-state index in [0.717, 1.165) is 17.2 Å². The summed E-state index contributed by atoms with van der Waals surface area (Å²) in [5, 5.41) is 11.7. The number of ether oxygens (including phenoxy) is 1. The van der Waals surface area contributed by atoms with E-state index in [4.69, 9.17) is 4.74 Å². The minimum Gasteiger partial charge on any atom is -0.494 e. The summed E-state index contributed by atoms with van der Waals surface area (Å²) in [6.45, 7) is 4.56. The van der Waals surface area contributed by atoms with E-state index in [-0.39, 0.29) is 5.91 Å². The Bertz CT molecular complexity index is 551. The van der Waals surface area contributed by atoms with E-state index in [9.17, 15) is 4.79 Å². The van der Waals surface area contributed by atoms with Crippen molar-refractivity contribution in [1.82, 2.24) is 10.2 Å². The summed E-state index contributed by atoms with van der Waals surface area (Å²) in [5.74, 6) is 0.573. The number of nitrogens with zero attached hydrogens (tertiary/aromatic N) is 2. The van der Waals surface area contributed by atoms with Gasteiger partial charge in [-0.15, -0.1) is 10.2 Å². The Morgan fingerprint density at radius 3 is 2.63 bits per heavy atom. The van der Waals surface area contributed by atoms with Gasteiger partial charge < -0.3 is 4.74 Å². The van der Waals surface area contributed by atoms with Gasteiger partial charge in [-0.2, -0.15) is 0 Å². The van der Waals surface area contributed by atoms with Crippen LogP contribution in [0.5, 0.6) is 5.75 Å². The van der Waals surface area contributed by atoms with Crippen molar-refractivity contribution in [2.24, 2.45) is 0 Å². The number of nitrogens with one attached hydrogen (secondary N) is 1. The van der Waals surface area contributed by atoms with Crippen LogP contribution in [0.15, 0.2) is 24.3 Å². The molecule has 0 bridgehead atoms. The fourth-order valence-electron chi connectivity index (χ4n) is 1.44. The summed E-state index contributed by atoms with van der Waals surface area (Å²) in [6, 6.07) is 7.04. The van der Waals surface area contributed by atoms with Crippen molar-refractivity contribution >= 4 is 22.4 Å². The molecule has 0 saturated heterocycles. The number of anilines is 1. The first-order valence-corrected chi connectivity index (χ1v) is 6.85. The van der Waals surface area contributed by atoms with Gasteiger partial charge in [-0.3, -0.25) is 10.1 Å². The van der Waals surface area contributed by atoms with Crippen molar-refractivity contribution in [3.8, 4) is 5.75 Å². The van der Waals surface area contributed by atoms with Crippen LogP contribution in [0.1, 0.15) is 28.7 Å². The molecule has 0 atom stereocenters. The number of benzene rings is 1. The predicted molar refractivity (Wildman–Crippen MR) is 74.8 cm³/mol. The summed E-state index contributed by atoms with van der Waals surface area (Å²) in [4.78, 5) is 11.9. The van der Waals surface area contributed by atoms with E-state index in [1.807, 2.05) is 13.8 Å². The molecule has 1 N–H and O–H groups in total. The molecule has 1 heterocycles. The van der Waals surface area contributed by atoms with Gasteiger partial charge in [0.15, 0.2) is 0 Å². The van der Waals surface area contributed by atoms with Crippen LogP contribution in [0, 0.1) is 6.92 Å². The third kappa shape index (κ3) is 3.75. The van der Waals surface area contributed by atoms with Gasteiger partial charge in [0.2, 0.25) is 5.13 Å². The molecule has 0 unspecified atom stereocenters. The second kappa shape index (κ2) is 6.29. The molecular weight excluding hydrogens is 262 g/mol. The maximum absolute atomic E-state index is 11.9. The zero-order valence-corrected chi connectivity index (χ0v) is 11.7. The highest BCUT2D eigenvalue weighted by molar-refractivity contribution is 7.15. The lowest BCUT2D eigenvalue weighted by Gasteiger charge is -2.05. The van der Waals surface area contributed by atoms with Crippen LogP contribution >= 0.6 is 11.3 Å². The summed E-state index contributed by atoms with van der Waals surface area (Å²) in [7, 11) is 0. The Labute approximate surface area is 115 Å². The minimum absolute atomic E-state index is 0.196. The Kier molecular flexibility index (Phi) is 4.46. The maximum Gasteiger partial charge on any atom is 0.257 e. The third-order valence-electron chi connectivity index (χ3n) is 2.34. The van der Waals surface area contributed by atoms with Crippen molar-refractivity contribution in [3.05, 3.63) is 34.8 Å². The number of aromatic nitrogens is 2. The van der Waals surface area contributed by atoms with E-state index in [2.05, 4.69) is 15.5 Å². The molecule has 0 fully saturated rings. The molecule has 1 amide bonds. The number of carbonyl (C=O) groups excluding carboxylic acids is 1. The summed E-state index contributed by atoms with van der Waals surface area (Å²) < 4.78 is 5.46. The Balaban J connectivity index is 1.99. The molecular formula is C13H15N3O2S. The lowest BCUT2D eigenvalue weighted by molar-refractivity contribution is 0.102. The number of amides is 1. The Morgan fingerprint density at radius 1 is 1.32 bits per heavy atom. The molecule has 2 aromatic rings. The van der Waals surface area contributed by atoms with Crippen LogP contribution in [0.25, 0.3) is 0 Å². The van der Waals surface area contributed by atoms with Crippen molar-refractivity contribution in [3.63, 3.8) is 0 Å². The van der Waals surface area contributed by atoms with Crippen LogP contribution in [0.4, 0.5) is 5.13 Å². The number of aryl methyl sites for hydroxylation is 1. The van der Waals surface area contributed by atoms with E-state index >= 15 is 0 Å². The SMILES string of the molecule is CCCOc1ccc(C(=O)Nc2nnc(C)s2)cc1. The highest BCUT2D eigenvalue weighted by Gasteiger charge is 2.09. The smallest absolute Gasteiger partial charge is 0.257 e. The second-order valence-electron chi connectivity index (χ2n) is 3.95. The fourth-order valence-corrected chi connectivity index (χ4v) is 2.03. The first-order valence-electron chi connectivity index (χ1n) is 6.03. The monoisotopic (exact) mass is 277 g/mol. The molecule has 0 spiro atoms. The van der Waals surface area contributed by atoms with E-state index in [0.29, 0.717) is 17.3 Å². The zero-order valence-electron chi connectivity index (χ0n) is 10.8. The standard InChI is InChI=1S/C13H15N3O2S/c1-3-8-18-11-6-4-10(5-7-11)12(17)14-13-16-15-9(2)19-13/h4-7H,3,8H2,1-2H3,(H,14,16,17). The highest BCUT2D eigenvalue weighted by Crippen LogP contribution is 2.17. The molecule has 2 rings (SSSR count). The lowest BCUT2D eigenvalue weighted by Crippen LogP contribution is -2.11. The quantitative estimate of drug-likeness (QED) is 0.912. The van der Waals surface area contributed by atoms with Crippen molar-refractivity contribution in [1.29, 1.82) is 0 Å². The highest BCUT2D eigenvalue weighted by atomic mass is 32.1. The summed E-state index contributed by atoms with van der Waals surface area (Å²) in [6.07, 6.45) is 0.957.